The number of hydrogen-bond acceptors (Lipinski definition) is 2. The first-order valence-corrected chi connectivity index (χ1v) is 7.87. The summed E-state index contributed by atoms with van der Waals surface area (Å²) in [5.41, 5.74) is 6.12. The third kappa shape index (κ3) is 3.79. The Balaban J connectivity index is 2.06. The van der Waals surface area contributed by atoms with E-state index in [-0.39, 0.29) is 11.9 Å². The molecule has 110 valence electrons. The molecule has 1 aliphatic rings. The molecule has 1 aromatic carbocycles. The highest BCUT2D eigenvalue weighted by atomic mass is 79.9. The van der Waals surface area contributed by atoms with Crippen molar-refractivity contribution >= 4 is 21.8 Å². The summed E-state index contributed by atoms with van der Waals surface area (Å²) in [5, 5.41) is 2.96. The van der Waals surface area contributed by atoms with Crippen LogP contribution in [0, 0.1) is 11.7 Å². The van der Waals surface area contributed by atoms with Gasteiger partial charge >= 0.3 is 0 Å². The molecule has 0 spiro atoms. The van der Waals surface area contributed by atoms with Gasteiger partial charge in [0.1, 0.15) is 5.82 Å². The van der Waals surface area contributed by atoms with Crippen LogP contribution in [0.2, 0.25) is 0 Å². The van der Waals surface area contributed by atoms with Gasteiger partial charge in [0, 0.05) is 17.1 Å². The van der Waals surface area contributed by atoms with Crippen LogP contribution in [-0.4, -0.2) is 18.5 Å². The predicted octanol–water partition coefficient (Wildman–Crippen LogP) is 3.23. The summed E-state index contributed by atoms with van der Waals surface area (Å²) < 4.78 is 13.8. The lowest BCUT2D eigenvalue weighted by Gasteiger charge is -2.30. The molecule has 0 saturated heterocycles. The van der Waals surface area contributed by atoms with Gasteiger partial charge in [-0.15, -0.1) is 0 Å². The third-order valence-corrected chi connectivity index (χ3v) is 4.65. The van der Waals surface area contributed by atoms with Crippen molar-refractivity contribution < 1.29 is 9.18 Å². The molecule has 1 atom stereocenters. The Morgan fingerprint density at radius 2 is 2.10 bits per heavy atom. The van der Waals surface area contributed by atoms with E-state index in [1.807, 2.05) is 0 Å². The molecule has 1 saturated carbocycles. The molecule has 1 unspecified atom stereocenters. The Bertz CT molecular complexity index is 475. The number of hydrogen-bond donors (Lipinski definition) is 2. The summed E-state index contributed by atoms with van der Waals surface area (Å²) in [6.07, 6.45) is 5.86. The Morgan fingerprint density at radius 1 is 1.40 bits per heavy atom. The summed E-state index contributed by atoms with van der Waals surface area (Å²) in [7, 11) is 0. The van der Waals surface area contributed by atoms with E-state index in [1.54, 1.807) is 6.07 Å². The number of halogens is 2. The fourth-order valence-electron chi connectivity index (χ4n) is 2.82. The van der Waals surface area contributed by atoms with Crippen LogP contribution in [0.4, 0.5) is 4.39 Å². The third-order valence-electron chi connectivity index (χ3n) is 3.96. The van der Waals surface area contributed by atoms with E-state index in [4.69, 9.17) is 5.73 Å². The van der Waals surface area contributed by atoms with Gasteiger partial charge in [0.05, 0.1) is 5.56 Å². The molecule has 3 nitrogen and oxygen atoms in total. The number of nitrogens with two attached hydrogens (primary N) is 1. The van der Waals surface area contributed by atoms with Crippen molar-refractivity contribution in [1.29, 1.82) is 0 Å². The smallest absolute Gasteiger partial charge is 0.252 e. The van der Waals surface area contributed by atoms with Gasteiger partial charge in [0.25, 0.3) is 5.91 Å². The summed E-state index contributed by atoms with van der Waals surface area (Å²) in [6.45, 7) is 0.420. The average Bonchev–Trinajstić information content (AvgIpc) is 2.48. The largest absolute Gasteiger partial charge is 0.348 e. The second kappa shape index (κ2) is 7.18. The zero-order valence-corrected chi connectivity index (χ0v) is 13.0. The maximum atomic E-state index is 13.3. The summed E-state index contributed by atoms with van der Waals surface area (Å²) in [4.78, 5) is 12.3. The van der Waals surface area contributed by atoms with Gasteiger partial charge in [-0.25, -0.2) is 4.39 Å². The number of carbonyl (C=O) groups excluding carboxylic acids is 1. The number of carbonyl (C=O) groups is 1. The van der Waals surface area contributed by atoms with E-state index < -0.39 is 5.82 Å². The van der Waals surface area contributed by atoms with E-state index in [1.165, 1.54) is 31.4 Å². The molecule has 1 amide bonds. The SMILES string of the molecule is NCC(NC(=O)c1cc(F)ccc1Br)C1CCCCC1. The minimum Gasteiger partial charge on any atom is -0.348 e. The van der Waals surface area contributed by atoms with E-state index in [9.17, 15) is 9.18 Å². The molecule has 2 rings (SSSR count). The molecule has 0 heterocycles. The standard InChI is InChI=1S/C15H20BrFN2O/c16-13-7-6-11(17)8-12(13)15(20)19-14(9-18)10-4-2-1-3-5-10/h6-8,10,14H,1-5,9,18H2,(H,19,20). The van der Waals surface area contributed by atoms with Crippen LogP contribution in [0.25, 0.3) is 0 Å². The molecule has 0 aromatic heterocycles. The summed E-state index contributed by atoms with van der Waals surface area (Å²) in [5.74, 6) is -0.247. The lowest BCUT2D eigenvalue weighted by molar-refractivity contribution is 0.0914. The Hall–Kier alpha value is -0.940. The van der Waals surface area contributed by atoms with E-state index in [0.29, 0.717) is 22.5 Å². The Kier molecular flexibility index (Phi) is 5.54. The minimum absolute atomic E-state index is 0.0297. The number of nitrogens with one attached hydrogen (secondary N) is 1. The Labute approximate surface area is 127 Å². The summed E-state index contributed by atoms with van der Waals surface area (Å²) in [6, 6.07) is 4.08. The van der Waals surface area contributed by atoms with Gasteiger partial charge in [-0.2, -0.15) is 0 Å². The van der Waals surface area contributed by atoms with Crippen LogP contribution < -0.4 is 11.1 Å². The van der Waals surface area contributed by atoms with Gasteiger partial charge in [-0.05, 0) is 52.9 Å². The van der Waals surface area contributed by atoms with E-state index in [0.717, 1.165) is 12.8 Å². The second-order valence-electron chi connectivity index (χ2n) is 5.34. The second-order valence-corrected chi connectivity index (χ2v) is 6.19. The molecule has 5 heteroatoms. The van der Waals surface area contributed by atoms with Crippen molar-refractivity contribution in [3.8, 4) is 0 Å². The van der Waals surface area contributed by atoms with Crippen LogP contribution >= 0.6 is 15.9 Å². The number of benzene rings is 1. The molecular formula is C15H20BrFN2O. The van der Waals surface area contributed by atoms with Gasteiger partial charge in [0.2, 0.25) is 0 Å². The van der Waals surface area contributed by atoms with Crippen molar-refractivity contribution in [1.82, 2.24) is 5.32 Å². The molecule has 1 aliphatic carbocycles. The lowest BCUT2D eigenvalue weighted by Crippen LogP contribution is -2.46. The molecule has 3 N–H and O–H groups in total. The van der Waals surface area contributed by atoms with Crippen molar-refractivity contribution in [2.45, 2.75) is 38.1 Å². The first kappa shape index (κ1) is 15.4. The Morgan fingerprint density at radius 3 is 2.75 bits per heavy atom. The molecular weight excluding hydrogens is 323 g/mol. The minimum atomic E-state index is -0.416. The van der Waals surface area contributed by atoms with Gasteiger partial charge < -0.3 is 11.1 Å². The highest BCUT2D eigenvalue weighted by Gasteiger charge is 2.25. The van der Waals surface area contributed by atoms with Crippen LogP contribution in [-0.2, 0) is 0 Å². The maximum absolute atomic E-state index is 13.3. The lowest BCUT2D eigenvalue weighted by atomic mass is 9.84. The van der Waals surface area contributed by atoms with Crippen LogP contribution in [0.5, 0.6) is 0 Å². The highest BCUT2D eigenvalue weighted by Crippen LogP contribution is 2.26. The monoisotopic (exact) mass is 342 g/mol. The van der Waals surface area contributed by atoms with Crippen molar-refractivity contribution in [2.75, 3.05) is 6.54 Å². The fraction of sp³-hybridized carbons (Fsp3) is 0.533. The van der Waals surface area contributed by atoms with Crippen LogP contribution in [0.15, 0.2) is 22.7 Å². The highest BCUT2D eigenvalue weighted by molar-refractivity contribution is 9.10. The van der Waals surface area contributed by atoms with Crippen LogP contribution in [0.1, 0.15) is 42.5 Å². The normalized spacial score (nSPS) is 17.8. The van der Waals surface area contributed by atoms with Gasteiger partial charge in [-0.1, -0.05) is 19.3 Å². The topological polar surface area (TPSA) is 55.1 Å². The first-order chi connectivity index (χ1) is 9.61. The van der Waals surface area contributed by atoms with Gasteiger partial charge in [0.15, 0.2) is 0 Å². The average molecular weight is 343 g/mol. The number of amides is 1. The fourth-order valence-corrected chi connectivity index (χ4v) is 3.25. The predicted molar refractivity (Wildman–Crippen MR) is 81.0 cm³/mol. The zero-order valence-electron chi connectivity index (χ0n) is 11.4. The molecule has 20 heavy (non-hydrogen) atoms. The van der Waals surface area contributed by atoms with E-state index >= 15 is 0 Å². The quantitative estimate of drug-likeness (QED) is 0.882. The molecule has 1 aromatic rings. The van der Waals surface area contributed by atoms with Gasteiger partial charge in [-0.3, -0.25) is 4.79 Å². The van der Waals surface area contributed by atoms with E-state index in [2.05, 4.69) is 21.2 Å². The molecule has 0 radical (unpaired) electrons. The molecule has 0 bridgehead atoms. The van der Waals surface area contributed by atoms with Crippen molar-refractivity contribution in [3.63, 3.8) is 0 Å². The summed E-state index contributed by atoms with van der Waals surface area (Å²) >= 11 is 3.28. The first-order valence-electron chi connectivity index (χ1n) is 7.08. The van der Waals surface area contributed by atoms with Crippen LogP contribution in [0.3, 0.4) is 0 Å². The number of rotatable bonds is 4. The zero-order chi connectivity index (χ0) is 14.5. The van der Waals surface area contributed by atoms with Crippen molar-refractivity contribution in [3.05, 3.63) is 34.1 Å². The molecule has 0 aliphatic heterocycles. The van der Waals surface area contributed by atoms with Crippen molar-refractivity contribution in [2.24, 2.45) is 11.7 Å². The molecule has 1 fully saturated rings. The maximum Gasteiger partial charge on any atom is 0.252 e.